The first-order valence-electron chi connectivity index (χ1n) is 7.39. The molecule has 0 saturated carbocycles. The van der Waals surface area contributed by atoms with Gasteiger partial charge in [-0.2, -0.15) is 0 Å². The van der Waals surface area contributed by atoms with Gasteiger partial charge < -0.3 is 0 Å². The van der Waals surface area contributed by atoms with Gasteiger partial charge >= 0.3 is 0 Å². The van der Waals surface area contributed by atoms with Crippen LogP contribution in [-0.2, 0) is 13.1 Å². The molecule has 0 bridgehead atoms. The van der Waals surface area contributed by atoms with E-state index in [0.29, 0.717) is 0 Å². The summed E-state index contributed by atoms with van der Waals surface area (Å²) in [5.74, 6) is 0. The van der Waals surface area contributed by atoms with Gasteiger partial charge in [-0.3, -0.25) is 14.8 Å². The Bertz CT molecular complexity index is 565. The van der Waals surface area contributed by atoms with Crippen LogP contribution in [0, 0.1) is 0 Å². The Hall–Kier alpha value is -1.42. The number of rotatable bonds is 4. The van der Waals surface area contributed by atoms with Crippen molar-refractivity contribution in [2.75, 3.05) is 26.2 Å². The second-order valence-electron chi connectivity index (χ2n) is 5.46. The molecule has 0 atom stereocenters. The zero-order chi connectivity index (χ0) is 14.5. The lowest BCUT2D eigenvalue weighted by molar-refractivity contribution is 0.121. The highest BCUT2D eigenvalue weighted by atomic mass is 35.5. The predicted molar refractivity (Wildman–Crippen MR) is 86.2 cm³/mol. The van der Waals surface area contributed by atoms with E-state index in [-0.39, 0.29) is 0 Å². The van der Waals surface area contributed by atoms with E-state index in [9.17, 15) is 0 Å². The summed E-state index contributed by atoms with van der Waals surface area (Å²) in [6, 6.07) is 14.2. The van der Waals surface area contributed by atoms with Gasteiger partial charge in [0.2, 0.25) is 0 Å². The Morgan fingerprint density at radius 2 is 1.52 bits per heavy atom. The molecule has 0 amide bonds. The quantitative estimate of drug-likeness (QED) is 0.865. The largest absolute Gasteiger partial charge is 0.296 e. The fraction of sp³-hybridized carbons (Fsp3) is 0.353. The van der Waals surface area contributed by atoms with Gasteiger partial charge in [-0.1, -0.05) is 35.9 Å². The molecule has 0 aliphatic carbocycles. The number of hydrogen-bond acceptors (Lipinski definition) is 3. The molecule has 21 heavy (non-hydrogen) atoms. The van der Waals surface area contributed by atoms with Gasteiger partial charge in [0.25, 0.3) is 0 Å². The van der Waals surface area contributed by atoms with Gasteiger partial charge in [-0.15, -0.1) is 0 Å². The lowest BCUT2D eigenvalue weighted by atomic mass is 10.2. The Morgan fingerprint density at radius 3 is 2.19 bits per heavy atom. The second-order valence-corrected chi connectivity index (χ2v) is 5.87. The van der Waals surface area contributed by atoms with E-state index in [1.807, 2.05) is 24.4 Å². The summed E-state index contributed by atoms with van der Waals surface area (Å²) in [6.45, 7) is 6.22. The average Bonchev–Trinajstić information content (AvgIpc) is 2.52. The molecule has 1 saturated heterocycles. The van der Waals surface area contributed by atoms with E-state index in [0.717, 1.165) is 50.0 Å². The first-order valence-corrected chi connectivity index (χ1v) is 7.77. The van der Waals surface area contributed by atoms with Gasteiger partial charge in [0.1, 0.15) is 0 Å². The summed E-state index contributed by atoms with van der Waals surface area (Å²) >= 11 is 6.23. The molecule has 2 aromatic rings. The molecule has 4 heteroatoms. The van der Waals surface area contributed by atoms with Crippen LogP contribution in [-0.4, -0.2) is 41.0 Å². The van der Waals surface area contributed by atoms with Crippen molar-refractivity contribution in [3.8, 4) is 0 Å². The SMILES string of the molecule is Clc1ccccc1CN1CCN(Cc2ccccn2)CC1. The van der Waals surface area contributed by atoms with E-state index in [4.69, 9.17) is 11.6 Å². The zero-order valence-corrected chi connectivity index (χ0v) is 12.8. The fourth-order valence-electron chi connectivity index (χ4n) is 2.69. The lowest BCUT2D eigenvalue weighted by Gasteiger charge is -2.34. The van der Waals surface area contributed by atoms with Gasteiger partial charge in [-0.25, -0.2) is 0 Å². The minimum absolute atomic E-state index is 0.869. The molecule has 1 aromatic carbocycles. The van der Waals surface area contributed by atoms with Crippen molar-refractivity contribution in [3.63, 3.8) is 0 Å². The van der Waals surface area contributed by atoms with Gasteiger partial charge in [0, 0.05) is 50.5 Å². The molecule has 0 radical (unpaired) electrons. The average molecular weight is 302 g/mol. The number of piperazine rings is 1. The van der Waals surface area contributed by atoms with Crippen LogP contribution >= 0.6 is 11.6 Å². The molecular formula is C17H20ClN3. The van der Waals surface area contributed by atoms with Crippen LogP contribution < -0.4 is 0 Å². The van der Waals surface area contributed by atoms with Crippen LogP contribution in [0.15, 0.2) is 48.7 Å². The van der Waals surface area contributed by atoms with Crippen LogP contribution in [0.1, 0.15) is 11.3 Å². The summed E-state index contributed by atoms with van der Waals surface area (Å²) in [5, 5.41) is 0.869. The molecule has 0 spiro atoms. The zero-order valence-electron chi connectivity index (χ0n) is 12.1. The van der Waals surface area contributed by atoms with Crippen LogP contribution in [0.4, 0.5) is 0 Å². The van der Waals surface area contributed by atoms with E-state index in [1.54, 1.807) is 0 Å². The summed E-state index contributed by atoms with van der Waals surface area (Å²) < 4.78 is 0. The van der Waals surface area contributed by atoms with E-state index in [2.05, 4.69) is 39.0 Å². The second kappa shape index (κ2) is 7.03. The number of aromatic nitrogens is 1. The van der Waals surface area contributed by atoms with Crippen LogP contribution in [0.2, 0.25) is 5.02 Å². The Morgan fingerprint density at radius 1 is 0.857 bits per heavy atom. The first-order chi connectivity index (χ1) is 10.3. The molecular weight excluding hydrogens is 282 g/mol. The minimum Gasteiger partial charge on any atom is -0.296 e. The lowest BCUT2D eigenvalue weighted by Crippen LogP contribution is -2.45. The van der Waals surface area contributed by atoms with Crippen molar-refractivity contribution < 1.29 is 0 Å². The fourth-order valence-corrected chi connectivity index (χ4v) is 2.89. The minimum atomic E-state index is 0.869. The predicted octanol–water partition coefficient (Wildman–Crippen LogP) is 3.05. The number of hydrogen-bond donors (Lipinski definition) is 0. The topological polar surface area (TPSA) is 19.4 Å². The Kier molecular flexibility index (Phi) is 4.86. The molecule has 0 unspecified atom stereocenters. The van der Waals surface area contributed by atoms with Crippen molar-refractivity contribution in [3.05, 3.63) is 64.9 Å². The molecule has 1 aromatic heterocycles. The first kappa shape index (κ1) is 14.5. The third-order valence-electron chi connectivity index (χ3n) is 3.93. The number of benzene rings is 1. The van der Waals surface area contributed by atoms with Crippen LogP contribution in [0.25, 0.3) is 0 Å². The highest BCUT2D eigenvalue weighted by Gasteiger charge is 2.17. The van der Waals surface area contributed by atoms with Gasteiger partial charge in [-0.05, 0) is 23.8 Å². The van der Waals surface area contributed by atoms with E-state index < -0.39 is 0 Å². The summed E-state index contributed by atoms with van der Waals surface area (Å²) in [4.78, 5) is 9.33. The summed E-state index contributed by atoms with van der Waals surface area (Å²) in [7, 11) is 0. The molecule has 1 aliphatic rings. The summed E-state index contributed by atoms with van der Waals surface area (Å²) in [5.41, 5.74) is 2.37. The summed E-state index contributed by atoms with van der Waals surface area (Å²) in [6.07, 6.45) is 1.86. The third-order valence-corrected chi connectivity index (χ3v) is 4.30. The molecule has 1 aliphatic heterocycles. The standard InChI is InChI=1S/C17H20ClN3/c18-17-7-2-1-5-15(17)13-20-9-11-21(12-10-20)14-16-6-3-4-8-19-16/h1-8H,9-14H2. The normalized spacial score (nSPS) is 17.0. The Labute approximate surface area is 131 Å². The molecule has 3 nitrogen and oxygen atoms in total. The monoisotopic (exact) mass is 301 g/mol. The maximum Gasteiger partial charge on any atom is 0.0543 e. The highest BCUT2D eigenvalue weighted by Crippen LogP contribution is 2.18. The van der Waals surface area contributed by atoms with Crippen LogP contribution in [0.3, 0.4) is 0 Å². The highest BCUT2D eigenvalue weighted by molar-refractivity contribution is 6.31. The van der Waals surface area contributed by atoms with Crippen molar-refractivity contribution in [1.82, 2.24) is 14.8 Å². The molecule has 2 heterocycles. The van der Waals surface area contributed by atoms with E-state index in [1.165, 1.54) is 5.56 Å². The third kappa shape index (κ3) is 4.03. The maximum absolute atomic E-state index is 6.23. The molecule has 0 N–H and O–H groups in total. The van der Waals surface area contributed by atoms with Crippen molar-refractivity contribution in [1.29, 1.82) is 0 Å². The van der Waals surface area contributed by atoms with Crippen molar-refractivity contribution >= 4 is 11.6 Å². The van der Waals surface area contributed by atoms with Crippen molar-refractivity contribution in [2.45, 2.75) is 13.1 Å². The number of halogens is 1. The Balaban J connectivity index is 1.50. The van der Waals surface area contributed by atoms with Gasteiger partial charge in [0.05, 0.1) is 5.69 Å². The molecule has 3 rings (SSSR count). The van der Waals surface area contributed by atoms with E-state index >= 15 is 0 Å². The number of pyridine rings is 1. The number of nitrogens with zero attached hydrogens (tertiary/aromatic N) is 3. The van der Waals surface area contributed by atoms with Crippen molar-refractivity contribution in [2.24, 2.45) is 0 Å². The maximum atomic E-state index is 6.23. The molecule has 110 valence electrons. The van der Waals surface area contributed by atoms with Crippen LogP contribution in [0.5, 0.6) is 0 Å². The molecule has 1 fully saturated rings. The smallest absolute Gasteiger partial charge is 0.0543 e. The van der Waals surface area contributed by atoms with Gasteiger partial charge in [0.15, 0.2) is 0 Å².